The van der Waals surface area contributed by atoms with E-state index < -0.39 is 12.6 Å². The summed E-state index contributed by atoms with van der Waals surface area (Å²) in [6.07, 6.45) is 5.36. The fourth-order valence-corrected chi connectivity index (χ4v) is 6.06. The van der Waals surface area contributed by atoms with Gasteiger partial charge < -0.3 is 9.47 Å². The number of carbonyl (C=O) groups is 4. The third kappa shape index (κ3) is 3.10. The van der Waals surface area contributed by atoms with Crippen molar-refractivity contribution in [2.45, 2.75) is 6.42 Å². The molecule has 5 aliphatic rings. The van der Waals surface area contributed by atoms with Crippen LogP contribution in [0.15, 0.2) is 60.7 Å². The number of carbonyl (C=O) groups excluding carboxylic acids is 4. The van der Waals surface area contributed by atoms with E-state index >= 15 is 0 Å². The van der Waals surface area contributed by atoms with Gasteiger partial charge in [-0.25, -0.2) is 9.69 Å². The van der Waals surface area contributed by atoms with Crippen molar-refractivity contribution < 1.29 is 28.7 Å². The van der Waals surface area contributed by atoms with Crippen molar-refractivity contribution >= 4 is 29.3 Å². The molecule has 7 nitrogen and oxygen atoms in total. The van der Waals surface area contributed by atoms with Crippen molar-refractivity contribution in [2.75, 3.05) is 18.6 Å². The Morgan fingerprint density at radius 2 is 1.56 bits per heavy atom. The molecule has 172 valence electrons. The highest BCUT2D eigenvalue weighted by atomic mass is 16.5. The predicted octanol–water partition coefficient (Wildman–Crippen LogP) is 3.29. The van der Waals surface area contributed by atoms with Crippen LogP contribution in [0.25, 0.3) is 0 Å². The number of esters is 1. The van der Waals surface area contributed by atoms with Gasteiger partial charge in [0.2, 0.25) is 11.8 Å². The molecule has 0 radical (unpaired) electrons. The molecule has 34 heavy (non-hydrogen) atoms. The average molecular weight is 457 g/mol. The second kappa shape index (κ2) is 7.65. The van der Waals surface area contributed by atoms with Crippen molar-refractivity contribution in [3.05, 3.63) is 71.8 Å². The van der Waals surface area contributed by atoms with Crippen LogP contribution in [0.1, 0.15) is 27.1 Å². The fraction of sp³-hybridized carbons (Fsp3) is 0.333. The van der Waals surface area contributed by atoms with Crippen LogP contribution in [0, 0.1) is 35.5 Å². The van der Waals surface area contributed by atoms with Crippen LogP contribution in [0.3, 0.4) is 0 Å². The first-order valence-corrected chi connectivity index (χ1v) is 11.5. The highest BCUT2D eigenvalue weighted by Crippen LogP contribution is 2.65. The number of rotatable bonds is 6. The van der Waals surface area contributed by atoms with Gasteiger partial charge in [-0.2, -0.15) is 0 Å². The van der Waals surface area contributed by atoms with E-state index in [1.807, 2.05) is 0 Å². The minimum atomic E-state index is -0.691. The molecule has 7 rings (SSSR count). The van der Waals surface area contributed by atoms with Crippen LogP contribution >= 0.6 is 0 Å². The summed E-state index contributed by atoms with van der Waals surface area (Å²) in [7, 11) is 1.54. The molecule has 1 heterocycles. The van der Waals surface area contributed by atoms with Crippen molar-refractivity contribution in [3.63, 3.8) is 0 Å². The van der Waals surface area contributed by atoms with E-state index in [1.165, 1.54) is 18.1 Å². The first-order valence-electron chi connectivity index (χ1n) is 11.5. The molecule has 0 N–H and O–H groups in total. The Hall–Kier alpha value is -3.74. The topological polar surface area (TPSA) is 90.0 Å². The normalized spacial score (nSPS) is 30.1. The molecule has 2 saturated carbocycles. The number of hydrogen-bond acceptors (Lipinski definition) is 6. The lowest BCUT2D eigenvalue weighted by molar-refractivity contribution is -0.124. The fourth-order valence-electron chi connectivity index (χ4n) is 6.06. The van der Waals surface area contributed by atoms with Gasteiger partial charge in [0.25, 0.3) is 0 Å². The van der Waals surface area contributed by atoms with E-state index in [4.69, 9.17) is 9.47 Å². The number of allylic oxidation sites excluding steroid dienone is 2. The van der Waals surface area contributed by atoms with Gasteiger partial charge in [0, 0.05) is 5.56 Å². The van der Waals surface area contributed by atoms with E-state index in [0.717, 1.165) is 6.42 Å². The highest BCUT2D eigenvalue weighted by molar-refractivity contribution is 6.23. The number of anilines is 1. The van der Waals surface area contributed by atoms with Crippen molar-refractivity contribution in [1.29, 1.82) is 0 Å². The van der Waals surface area contributed by atoms with E-state index in [0.29, 0.717) is 28.8 Å². The largest absolute Gasteiger partial charge is 0.497 e. The Bertz CT molecular complexity index is 1210. The summed E-state index contributed by atoms with van der Waals surface area (Å²) in [5.41, 5.74) is 0.951. The van der Waals surface area contributed by atoms with Crippen molar-refractivity contribution in [2.24, 2.45) is 35.5 Å². The van der Waals surface area contributed by atoms with Crippen LogP contribution in [-0.4, -0.2) is 37.3 Å². The highest BCUT2D eigenvalue weighted by Gasteiger charge is 2.67. The van der Waals surface area contributed by atoms with E-state index in [2.05, 4.69) is 12.2 Å². The molecule has 4 aliphatic carbocycles. The molecule has 0 spiro atoms. The molecule has 1 saturated heterocycles. The van der Waals surface area contributed by atoms with Crippen molar-refractivity contribution in [1.82, 2.24) is 0 Å². The van der Waals surface area contributed by atoms with Gasteiger partial charge in [0.15, 0.2) is 12.4 Å². The Kier molecular flexibility index (Phi) is 4.69. The second-order valence-corrected chi connectivity index (χ2v) is 9.44. The number of Topliss-reactive ketones (excluding diaryl/α,β-unsaturated/α-hetero) is 1. The molecule has 2 bridgehead atoms. The number of hydrogen-bond donors (Lipinski definition) is 0. The number of methoxy groups -OCH3 is 1. The summed E-state index contributed by atoms with van der Waals surface area (Å²) in [5, 5.41) is 0. The van der Waals surface area contributed by atoms with Gasteiger partial charge in [0.05, 0.1) is 30.2 Å². The molecule has 0 unspecified atom stereocenters. The Balaban J connectivity index is 1.17. The van der Waals surface area contributed by atoms with Crippen LogP contribution in [-0.2, 0) is 14.3 Å². The summed E-state index contributed by atoms with van der Waals surface area (Å²) < 4.78 is 10.3. The second-order valence-electron chi connectivity index (χ2n) is 9.44. The smallest absolute Gasteiger partial charge is 0.338 e. The van der Waals surface area contributed by atoms with E-state index in [-0.39, 0.29) is 46.8 Å². The number of ketones is 1. The third-order valence-electron chi connectivity index (χ3n) is 7.75. The summed E-state index contributed by atoms with van der Waals surface area (Å²) in [5.74, 6) is -0.0530. The van der Waals surface area contributed by atoms with Crippen LogP contribution in [0.2, 0.25) is 0 Å². The summed E-state index contributed by atoms with van der Waals surface area (Å²) in [6, 6.07) is 12.8. The van der Waals surface area contributed by atoms with Gasteiger partial charge in [-0.15, -0.1) is 0 Å². The van der Waals surface area contributed by atoms with Crippen LogP contribution in [0.5, 0.6) is 5.75 Å². The molecule has 3 fully saturated rings. The quantitative estimate of drug-likeness (QED) is 0.286. The zero-order valence-electron chi connectivity index (χ0n) is 18.5. The monoisotopic (exact) mass is 457 g/mol. The predicted molar refractivity (Wildman–Crippen MR) is 121 cm³/mol. The molecule has 2 aromatic carbocycles. The SMILES string of the molecule is COc1ccc(C(=O)COC(=O)c2cccc(N3C(=O)[C@H]4[C@@H]5C=C[C@@H]([C@H]6C[C@H]56)[C@@H]4C3=O)c2)cc1. The van der Waals surface area contributed by atoms with Crippen LogP contribution < -0.4 is 9.64 Å². The van der Waals surface area contributed by atoms with Gasteiger partial charge in [-0.05, 0) is 72.6 Å². The maximum atomic E-state index is 13.3. The van der Waals surface area contributed by atoms with Crippen LogP contribution in [0.4, 0.5) is 5.69 Å². The van der Waals surface area contributed by atoms with E-state index in [1.54, 1.807) is 42.5 Å². The van der Waals surface area contributed by atoms with Crippen molar-refractivity contribution in [3.8, 4) is 5.75 Å². The zero-order chi connectivity index (χ0) is 23.6. The number of nitrogens with zero attached hydrogens (tertiary/aromatic N) is 1. The molecule has 1 aliphatic heterocycles. The number of benzene rings is 2. The van der Waals surface area contributed by atoms with Gasteiger partial charge >= 0.3 is 5.97 Å². The standard InChI is InChI=1S/C27H23NO6/c1-33-17-7-5-14(6-8-17)22(29)13-34-27(32)15-3-2-4-16(11-15)28-25(30)23-18-9-10-19(21-12-20(18)21)24(23)26(28)31/h2-11,18-21,23-24H,12-13H2,1H3/t18-,19+,20-,21-,23+,24+/m1/s1. The third-order valence-corrected chi connectivity index (χ3v) is 7.75. The molecule has 6 atom stereocenters. The molecular weight excluding hydrogens is 434 g/mol. The average Bonchev–Trinajstić information content (AvgIpc) is 3.65. The van der Waals surface area contributed by atoms with E-state index in [9.17, 15) is 19.2 Å². The minimum absolute atomic E-state index is 0.138. The number of imide groups is 1. The molecule has 2 aromatic rings. The summed E-state index contributed by atoms with van der Waals surface area (Å²) in [4.78, 5) is 52.8. The maximum absolute atomic E-state index is 13.3. The lowest BCUT2D eigenvalue weighted by Crippen LogP contribution is -2.40. The maximum Gasteiger partial charge on any atom is 0.338 e. The summed E-state index contributed by atoms with van der Waals surface area (Å²) in [6.45, 7) is -0.418. The zero-order valence-corrected chi connectivity index (χ0v) is 18.5. The van der Waals surface area contributed by atoms with Gasteiger partial charge in [-0.1, -0.05) is 18.2 Å². The first kappa shape index (κ1) is 20.8. The van der Waals surface area contributed by atoms with Gasteiger partial charge in [0.1, 0.15) is 5.75 Å². The molecule has 2 amide bonds. The summed E-state index contributed by atoms with van der Waals surface area (Å²) >= 11 is 0. The molecule has 7 heteroatoms. The Morgan fingerprint density at radius 1 is 0.912 bits per heavy atom. The Morgan fingerprint density at radius 3 is 2.18 bits per heavy atom. The minimum Gasteiger partial charge on any atom is -0.497 e. The Labute approximate surface area is 196 Å². The lowest BCUT2D eigenvalue weighted by Gasteiger charge is -2.37. The van der Waals surface area contributed by atoms with Gasteiger partial charge in [-0.3, -0.25) is 14.4 Å². The first-order chi connectivity index (χ1) is 16.5. The number of ether oxygens (including phenoxy) is 2. The molecular formula is C27H23NO6. The number of amides is 2. The lowest BCUT2D eigenvalue weighted by atomic mass is 9.63. The molecule has 0 aromatic heterocycles.